The Kier molecular flexibility index (Phi) is 5.52. The normalized spacial score (nSPS) is 17.4. The van der Waals surface area contributed by atoms with E-state index in [1.807, 2.05) is 18.2 Å². The summed E-state index contributed by atoms with van der Waals surface area (Å²) in [5.74, 6) is 0.494. The van der Waals surface area contributed by atoms with E-state index in [0.29, 0.717) is 5.92 Å². The first-order chi connectivity index (χ1) is 12.8. The molecule has 8 nitrogen and oxygen atoms in total. The quantitative estimate of drug-likeness (QED) is 0.599. The number of nitrogens with zero attached hydrogens (tertiary/aromatic N) is 2. The number of benzene rings is 2. The van der Waals surface area contributed by atoms with Crippen molar-refractivity contribution in [2.45, 2.75) is 36.5 Å². The van der Waals surface area contributed by atoms with Crippen molar-refractivity contribution in [1.82, 2.24) is 0 Å². The van der Waals surface area contributed by atoms with Crippen molar-refractivity contribution in [2.75, 3.05) is 5.43 Å². The van der Waals surface area contributed by atoms with Gasteiger partial charge in [-0.1, -0.05) is 30.3 Å². The van der Waals surface area contributed by atoms with Crippen molar-refractivity contribution in [3.63, 3.8) is 0 Å². The average Bonchev–Trinajstić information content (AvgIpc) is 2.66. The number of hydrogen-bond acceptors (Lipinski definition) is 6. The summed E-state index contributed by atoms with van der Waals surface area (Å²) in [6.45, 7) is 0. The molecule has 0 spiro atoms. The van der Waals surface area contributed by atoms with Gasteiger partial charge in [-0.05, 0) is 49.3 Å². The molecular formula is C18H20N4O4S. The highest BCUT2D eigenvalue weighted by molar-refractivity contribution is 7.89. The fourth-order valence-electron chi connectivity index (χ4n) is 3.19. The molecule has 1 aliphatic rings. The molecule has 0 amide bonds. The first-order valence-corrected chi connectivity index (χ1v) is 10.1. The number of hydrogen-bond donors (Lipinski definition) is 2. The lowest BCUT2D eigenvalue weighted by Crippen LogP contribution is -2.15. The first-order valence-electron chi connectivity index (χ1n) is 8.52. The van der Waals surface area contributed by atoms with Crippen LogP contribution < -0.4 is 10.6 Å². The van der Waals surface area contributed by atoms with Crippen LogP contribution in [0.15, 0.2) is 58.5 Å². The second-order valence-corrected chi connectivity index (χ2v) is 8.02. The van der Waals surface area contributed by atoms with Gasteiger partial charge in [0.1, 0.15) is 5.69 Å². The van der Waals surface area contributed by atoms with E-state index in [1.165, 1.54) is 17.7 Å². The third-order valence-electron chi connectivity index (χ3n) is 4.66. The minimum atomic E-state index is -4.01. The number of rotatable bonds is 5. The topological polar surface area (TPSA) is 128 Å². The van der Waals surface area contributed by atoms with E-state index in [2.05, 4.69) is 22.7 Å². The number of anilines is 1. The summed E-state index contributed by atoms with van der Waals surface area (Å²) in [5, 5.41) is 20.6. The minimum absolute atomic E-state index is 0.130. The molecule has 9 heteroatoms. The van der Waals surface area contributed by atoms with Crippen molar-refractivity contribution < 1.29 is 13.3 Å². The molecule has 0 atom stereocenters. The van der Waals surface area contributed by atoms with Gasteiger partial charge in [-0.25, -0.2) is 13.6 Å². The van der Waals surface area contributed by atoms with Crippen molar-refractivity contribution in [1.29, 1.82) is 0 Å². The largest absolute Gasteiger partial charge is 0.295 e. The van der Waals surface area contributed by atoms with Gasteiger partial charge >= 0.3 is 0 Å². The van der Waals surface area contributed by atoms with Gasteiger partial charge in [-0.2, -0.15) is 5.10 Å². The fraction of sp³-hybridized carbons (Fsp3) is 0.278. The highest BCUT2D eigenvalue weighted by Gasteiger charge is 2.21. The molecule has 1 aliphatic carbocycles. The summed E-state index contributed by atoms with van der Waals surface area (Å²) in [5.41, 5.74) is 4.71. The number of nitrogens with two attached hydrogens (primary N) is 1. The van der Waals surface area contributed by atoms with Crippen LogP contribution in [-0.2, 0) is 10.0 Å². The molecule has 27 heavy (non-hydrogen) atoms. The second-order valence-electron chi connectivity index (χ2n) is 6.46. The predicted molar refractivity (Wildman–Crippen MR) is 103 cm³/mol. The van der Waals surface area contributed by atoms with E-state index < -0.39 is 14.9 Å². The average molecular weight is 388 g/mol. The maximum atomic E-state index is 11.4. The van der Waals surface area contributed by atoms with Crippen LogP contribution in [0.1, 0.15) is 37.2 Å². The lowest BCUT2D eigenvalue weighted by Gasteiger charge is -2.23. The van der Waals surface area contributed by atoms with Gasteiger partial charge in [0.25, 0.3) is 5.69 Å². The molecule has 0 aromatic heterocycles. The van der Waals surface area contributed by atoms with Crippen LogP contribution in [0, 0.1) is 10.1 Å². The van der Waals surface area contributed by atoms with E-state index in [-0.39, 0.29) is 16.3 Å². The lowest BCUT2D eigenvalue weighted by atomic mass is 9.83. The van der Waals surface area contributed by atoms with Crippen LogP contribution in [0.5, 0.6) is 0 Å². The Balaban J connectivity index is 1.70. The van der Waals surface area contributed by atoms with Gasteiger partial charge in [0.2, 0.25) is 10.0 Å². The van der Waals surface area contributed by atoms with Gasteiger partial charge in [0, 0.05) is 11.8 Å². The van der Waals surface area contributed by atoms with Gasteiger partial charge < -0.3 is 0 Å². The molecule has 1 fully saturated rings. The Morgan fingerprint density at radius 2 is 1.78 bits per heavy atom. The Morgan fingerprint density at radius 3 is 2.37 bits per heavy atom. The molecule has 142 valence electrons. The predicted octanol–water partition coefficient (Wildman–Crippen LogP) is 3.37. The molecule has 3 N–H and O–H groups in total. The molecule has 0 unspecified atom stereocenters. The van der Waals surface area contributed by atoms with Crippen LogP contribution in [-0.4, -0.2) is 19.1 Å². The molecule has 1 saturated carbocycles. The summed E-state index contributed by atoms with van der Waals surface area (Å²) in [7, 11) is -4.01. The summed E-state index contributed by atoms with van der Waals surface area (Å²) in [6, 6.07) is 13.8. The van der Waals surface area contributed by atoms with Gasteiger partial charge in [-0.15, -0.1) is 0 Å². The lowest BCUT2D eigenvalue weighted by molar-refractivity contribution is -0.384. The van der Waals surface area contributed by atoms with E-state index in [4.69, 9.17) is 5.14 Å². The minimum Gasteiger partial charge on any atom is -0.272 e. The Morgan fingerprint density at radius 1 is 1.11 bits per heavy atom. The summed E-state index contributed by atoms with van der Waals surface area (Å²) < 4.78 is 22.8. The monoisotopic (exact) mass is 388 g/mol. The smallest absolute Gasteiger partial charge is 0.272 e. The summed E-state index contributed by atoms with van der Waals surface area (Å²) in [4.78, 5) is 10.3. The third-order valence-corrected chi connectivity index (χ3v) is 5.57. The molecular weight excluding hydrogens is 368 g/mol. The van der Waals surface area contributed by atoms with Crippen molar-refractivity contribution in [3.05, 3.63) is 64.2 Å². The molecule has 0 bridgehead atoms. The SMILES string of the molecule is NS(=O)(=O)c1ccc(NN=C2CCC(c3ccccc3)CC2)c([N+](=O)[O-])c1. The number of nitro groups is 1. The van der Waals surface area contributed by atoms with Gasteiger partial charge in [0.15, 0.2) is 0 Å². The van der Waals surface area contributed by atoms with Crippen LogP contribution in [0.3, 0.4) is 0 Å². The fourth-order valence-corrected chi connectivity index (χ4v) is 3.73. The zero-order valence-corrected chi connectivity index (χ0v) is 15.4. The summed E-state index contributed by atoms with van der Waals surface area (Å²) >= 11 is 0. The molecule has 0 heterocycles. The van der Waals surface area contributed by atoms with E-state index in [9.17, 15) is 18.5 Å². The second kappa shape index (κ2) is 7.85. The highest BCUT2D eigenvalue weighted by atomic mass is 32.2. The highest BCUT2D eigenvalue weighted by Crippen LogP contribution is 2.32. The van der Waals surface area contributed by atoms with Crippen LogP contribution in [0.2, 0.25) is 0 Å². The van der Waals surface area contributed by atoms with E-state index in [0.717, 1.165) is 37.5 Å². The molecule has 0 aliphatic heterocycles. The van der Waals surface area contributed by atoms with Gasteiger partial charge in [-0.3, -0.25) is 15.5 Å². The van der Waals surface area contributed by atoms with E-state index >= 15 is 0 Å². The zero-order valence-electron chi connectivity index (χ0n) is 14.5. The van der Waals surface area contributed by atoms with Gasteiger partial charge in [0.05, 0.1) is 9.82 Å². The number of nitrogens with one attached hydrogen (secondary N) is 1. The van der Waals surface area contributed by atoms with Crippen LogP contribution in [0.25, 0.3) is 0 Å². The maximum absolute atomic E-state index is 11.4. The van der Waals surface area contributed by atoms with Crippen molar-refractivity contribution in [2.24, 2.45) is 10.2 Å². The Bertz CT molecular complexity index is 964. The Labute approximate surface area is 157 Å². The Hall–Kier alpha value is -2.78. The first kappa shape index (κ1) is 19.0. The van der Waals surface area contributed by atoms with Crippen LogP contribution in [0.4, 0.5) is 11.4 Å². The molecule has 2 aromatic carbocycles. The number of hydrazone groups is 1. The molecule has 3 rings (SSSR count). The van der Waals surface area contributed by atoms with E-state index in [1.54, 1.807) is 0 Å². The number of sulfonamides is 1. The van der Waals surface area contributed by atoms with Crippen LogP contribution >= 0.6 is 0 Å². The summed E-state index contributed by atoms with van der Waals surface area (Å²) in [6.07, 6.45) is 3.54. The standard InChI is InChI=1S/C18H20N4O4S/c19-27(25,26)16-10-11-17(18(12-16)22(23)24)21-20-15-8-6-14(7-9-15)13-4-2-1-3-5-13/h1-5,10-12,14,21H,6-9H2,(H2,19,25,26). The molecule has 2 aromatic rings. The number of nitro benzene ring substituents is 1. The third kappa shape index (κ3) is 4.69. The van der Waals surface area contributed by atoms with Crippen molar-refractivity contribution >= 4 is 27.1 Å². The molecule has 0 radical (unpaired) electrons. The van der Waals surface area contributed by atoms with Crippen molar-refractivity contribution in [3.8, 4) is 0 Å². The number of primary sulfonamides is 1. The zero-order chi connectivity index (χ0) is 19.4. The molecule has 0 saturated heterocycles. The maximum Gasteiger partial charge on any atom is 0.295 e.